The molecule has 1 aromatic heterocycles. The maximum Gasteiger partial charge on any atom is 0.119 e. The summed E-state index contributed by atoms with van der Waals surface area (Å²) in [7, 11) is 1.67. The summed E-state index contributed by atoms with van der Waals surface area (Å²) >= 11 is 7.46. The zero-order valence-electron chi connectivity index (χ0n) is 9.39. The molecule has 2 aromatic rings. The zero-order chi connectivity index (χ0) is 12.1. The Balaban J connectivity index is 1.99. The molecule has 0 atom stereocenters. The molecule has 0 fully saturated rings. The van der Waals surface area contributed by atoms with Crippen molar-refractivity contribution in [2.75, 3.05) is 7.11 Å². The average molecular weight is 266 g/mol. The van der Waals surface area contributed by atoms with Crippen LogP contribution in [0.2, 0.25) is 5.02 Å². The molecule has 0 radical (unpaired) electrons. The van der Waals surface area contributed by atoms with Gasteiger partial charge in [0.2, 0.25) is 0 Å². The maximum absolute atomic E-state index is 5.78. The van der Waals surface area contributed by atoms with Crippen molar-refractivity contribution >= 4 is 23.4 Å². The maximum atomic E-state index is 5.78. The van der Waals surface area contributed by atoms with Crippen molar-refractivity contribution in [3.8, 4) is 5.75 Å². The highest BCUT2D eigenvalue weighted by Crippen LogP contribution is 2.23. The fourth-order valence-electron chi connectivity index (χ4n) is 1.37. The standard InChI is InChI=1S/C13H12ClNOS/c1-16-12-4-2-3-10(7-12)9-17-13-6-5-11(14)8-15-13/h2-8H,9H2,1H3. The van der Waals surface area contributed by atoms with Gasteiger partial charge in [-0.25, -0.2) is 4.98 Å². The summed E-state index contributed by atoms with van der Waals surface area (Å²) in [5.41, 5.74) is 1.21. The third-order valence-electron chi connectivity index (χ3n) is 2.22. The molecule has 0 aliphatic carbocycles. The molecule has 0 N–H and O–H groups in total. The fourth-order valence-corrected chi connectivity index (χ4v) is 2.26. The predicted molar refractivity (Wildman–Crippen MR) is 71.8 cm³/mol. The van der Waals surface area contributed by atoms with Crippen LogP contribution in [-0.2, 0) is 5.75 Å². The number of ether oxygens (including phenoxy) is 1. The van der Waals surface area contributed by atoms with Gasteiger partial charge in [-0.1, -0.05) is 23.7 Å². The Morgan fingerprint density at radius 3 is 2.88 bits per heavy atom. The number of pyridine rings is 1. The van der Waals surface area contributed by atoms with Crippen LogP contribution in [0.5, 0.6) is 5.75 Å². The van der Waals surface area contributed by atoms with Gasteiger partial charge in [0.25, 0.3) is 0 Å². The van der Waals surface area contributed by atoms with E-state index in [1.54, 1.807) is 25.1 Å². The number of nitrogens with zero attached hydrogens (tertiary/aromatic N) is 1. The molecule has 0 bridgehead atoms. The van der Waals surface area contributed by atoms with E-state index in [0.29, 0.717) is 5.02 Å². The van der Waals surface area contributed by atoms with E-state index in [1.165, 1.54) is 5.56 Å². The second-order valence-electron chi connectivity index (χ2n) is 3.45. The number of methoxy groups -OCH3 is 1. The smallest absolute Gasteiger partial charge is 0.119 e. The second kappa shape index (κ2) is 5.94. The molecular weight excluding hydrogens is 254 g/mol. The largest absolute Gasteiger partial charge is 0.497 e. The number of aromatic nitrogens is 1. The van der Waals surface area contributed by atoms with Gasteiger partial charge in [-0.3, -0.25) is 0 Å². The number of thioether (sulfide) groups is 1. The van der Waals surface area contributed by atoms with Crippen LogP contribution in [0.15, 0.2) is 47.6 Å². The monoisotopic (exact) mass is 265 g/mol. The van der Waals surface area contributed by atoms with E-state index in [9.17, 15) is 0 Å². The van der Waals surface area contributed by atoms with E-state index >= 15 is 0 Å². The summed E-state index contributed by atoms with van der Waals surface area (Å²) in [6.45, 7) is 0. The summed E-state index contributed by atoms with van der Waals surface area (Å²) in [4.78, 5) is 4.24. The van der Waals surface area contributed by atoms with Gasteiger partial charge in [0.1, 0.15) is 5.75 Å². The molecule has 0 aliphatic heterocycles. The first kappa shape index (κ1) is 12.3. The Kier molecular flexibility index (Phi) is 4.29. The molecule has 0 saturated heterocycles. The van der Waals surface area contributed by atoms with Crippen LogP contribution >= 0.6 is 23.4 Å². The van der Waals surface area contributed by atoms with Crippen molar-refractivity contribution in [3.63, 3.8) is 0 Å². The van der Waals surface area contributed by atoms with Crippen LogP contribution in [0.25, 0.3) is 0 Å². The first-order valence-corrected chi connectivity index (χ1v) is 6.51. The lowest BCUT2D eigenvalue weighted by atomic mass is 10.2. The van der Waals surface area contributed by atoms with Crippen LogP contribution in [0.3, 0.4) is 0 Å². The lowest BCUT2D eigenvalue weighted by Gasteiger charge is -2.04. The predicted octanol–water partition coefficient (Wildman–Crippen LogP) is 4.04. The number of hydrogen-bond donors (Lipinski definition) is 0. The number of halogens is 1. The molecule has 0 aliphatic rings. The Labute approximate surface area is 110 Å². The highest BCUT2D eigenvalue weighted by Gasteiger charge is 1.99. The van der Waals surface area contributed by atoms with Crippen LogP contribution in [0, 0.1) is 0 Å². The highest BCUT2D eigenvalue weighted by atomic mass is 35.5. The SMILES string of the molecule is COc1cccc(CSc2ccc(Cl)cn2)c1. The summed E-state index contributed by atoms with van der Waals surface area (Å²) in [5.74, 6) is 1.75. The van der Waals surface area contributed by atoms with Crippen LogP contribution in [-0.4, -0.2) is 12.1 Å². The third kappa shape index (κ3) is 3.65. The average Bonchev–Trinajstić information content (AvgIpc) is 2.38. The van der Waals surface area contributed by atoms with Crippen molar-refractivity contribution in [1.29, 1.82) is 0 Å². The van der Waals surface area contributed by atoms with Crippen LogP contribution in [0.1, 0.15) is 5.56 Å². The van der Waals surface area contributed by atoms with Gasteiger partial charge in [0, 0.05) is 11.9 Å². The van der Waals surface area contributed by atoms with Crippen molar-refractivity contribution in [2.45, 2.75) is 10.8 Å². The number of hydrogen-bond acceptors (Lipinski definition) is 3. The van der Waals surface area contributed by atoms with Crippen molar-refractivity contribution < 1.29 is 4.74 Å². The minimum Gasteiger partial charge on any atom is -0.497 e. The Morgan fingerprint density at radius 2 is 2.18 bits per heavy atom. The van der Waals surface area contributed by atoms with E-state index in [2.05, 4.69) is 11.1 Å². The molecular formula is C13H12ClNOS. The van der Waals surface area contributed by atoms with Gasteiger partial charge in [-0.05, 0) is 29.8 Å². The lowest BCUT2D eigenvalue weighted by Crippen LogP contribution is -1.86. The minimum atomic E-state index is 0.663. The molecule has 2 nitrogen and oxygen atoms in total. The quantitative estimate of drug-likeness (QED) is 0.779. The van der Waals surface area contributed by atoms with E-state index < -0.39 is 0 Å². The van der Waals surface area contributed by atoms with Gasteiger partial charge in [-0.15, -0.1) is 11.8 Å². The second-order valence-corrected chi connectivity index (χ2v) is 4.89. The van der Waals surface area contributed by atoms with Crippen molar-refractivity contribution in [2.24, 2.45) is 0 Å². The summed E-state index contributed by atoms with van der Waals surface area (Å²) in [5, 5.41) is 1.63. The van der Waals surface area contributed by atoms with Gasteiger partial charge in [0.15, 0.2) is 0 Å². The molecule has 0 amide bonds. The lowest BCUT2D eigenvalue weighted by molar-refractivity contribution is 0.414. The zero-order valence-corrected chi connectivity index (χ0v) is 11.0. The summed E-state index contributed by atoms with van der Waals surface area (Å²) < 4.78 is 5.18. The molecule has 88 valence electrons. The summed E-state index contributed by atoms with van der Waals surface area (Å²) in [6, 6.07) is 11.8. The number of benzene rings is 1. The molecule has 0 unspecified atom stereocenters. The van der Waals surface area contributed by atoms with E-state index in [4.69, 9.17) is 16.3 Å². The van der Waals surface area contributed by atoms with Crippen molar-refractivity contribution in [3.05, 3.63) is 53.2 Å². The molecule has 0 saturated carbocycles. The Morgan fingerprint density at radius 1 is 1.29 bits per heavy atom. The van der Waals surface area contributed by atoms with E-state index in [-0.39, 0.29) is 0 Å². The fraction of sp³-hybridized carbons (Fsp3) is 0.154. The van der Waals surface area contributed by atoms with E-state index in [1.807, 2.05) is 30.3 Å². The Bertz CT molecular complexity index is 487. The molecule has 4 heteroatoms. The van der Waals surface area contributed by atoms with Gasteiger partial charge < -0.3 is 4.74 Å². The molecule has 1 aromatic carbocycles. The van der Waals surface area contributed by atoms with Gasteiger partial charge in [0.05, 0.1) is 17.2 Å². The van der Waals surface area contributed by atoms with Crippen molar-refractivity contribution in [1.82, 2.24) is 4.98 Å². The normalized spacial score (nSPS) is 10.2. The van der Waals surface area contributed by atoms with Crippen LogP contribution < -0.4 is 4.74 Å². The van der Waals surface area contributed by atoms with Crippen LogP contribution in [0.4, 0.5) is 0 Å². The third-order valence-corrected chi connectivity index (χ3v) is 3.46. The summed E-state index contributed by atoms with van der Waals surface area (Å²) in [6.07, 6.45) is 1.66. The first-order valence-electron chi connectivity index (χ1n) is 5.15. The van der Waals surface area contributed by atoms with E-state index in [0.717, 1.165) is 16.5 Å². The topological polar surface area (TPSA) is 22.1 Å². The van der Waals surface area contributed by atoms with Gasteiger partial charge >= 0.3 is 0 Å². The molecule has 1 heterocycles. The highest BCUT2D eigenvalue weighted by molar-refractivity contribution is 7.98. The van der Waals surface area contributed by atoms with Gasteiger partial charge in [-0.2, -0.15) is 0 Å². The Hall–Kier alpha value is -1.19. The first-order chi connectivity index (χ1) is 8.28. The minimum absolute atomic E-state index is 0.663. The number of rotatable bonds is 4. The molecule has 0 spiro atoms. The molecule has 2 rings (SSSR count). The molecule has 17 heavy (non-hydrogen) atoms.